The van der Waals surface area contributed by atoms with Crippen LogP contribution in [0.15, 0.2) is 24.3 Å². The van der Waals surface area contributed by atoms with Gasteiger partial charge in [-0.05, 0) is 30.7 Å². The van der Waals surface area contributed by atoms with Gasteiger partial charge in [-0.15, -0.1) is 0 Å². The zero-order valence-corrected chi connectivity index (χ0v) is 13.6. The maximum atomic E-state index is 12.0. The highest BCUT2D eigenvalue weighted by Gasteiger charge is 2.16. The fourth-order valence-electron chi connectivity index (χ4n) is 2.32. The van der Waals surface area contributed by atoms with E-state index in [0.29, 0.717) is 38.4 Å². The quantitative estimate of drug-likeness (QED) is 0.747. The molecule has 1 aromatic rings. The Balaban J connectivity index is 1.78. The molecule has 0 saturated carbocycles. The number of carbonyl (C=O) groups is 2. The van der Waals surface area contributed by atoms with Crippen molar-refractivity contribution in [3.8, 4) is 0 Å². The predicted molar refractivity (Wildman–Crippen MR) is 89.6 cm³/mol. The van der Waals surface area contributed by atoms with E-state index in [9.17, 15) is 9.59 Å². The Kier molecular flexibility index (Phi) is 6.87. The molecule has 0 atom stereocenters. The molecular formula is C17H25N3O3. The van der Waals surface area contributed by atoms with Crippen molar-refractivity contribution in [2.75, 3.05) is 44.7 Å². The molecular weight excluding hydrogens is 294 g/mol. The lowest BCUT2D eigenvalue weighted by Crippen LogP contribution is -2.43. The summed E-state index contributed by atoms with van der Waals surface area (Å²) in [5.41, 5.74) is 1.46. The second-order valence-electron chi connectivity index (χ2n) is 5.53. The number of nitrogens with zero attached hydrogens (tertiary/aromatic N) is 1. The number of benzene rings is 1. The van der Waals surface area contributed by atoms with Crippen LogP contribution in [0.25, 0.3) is 0 Å². The summed E-state index contributed by atoms with van der Waals surface area (Å²) in [6.45, 7) is 5.55. The first-order valence-electron chi connectivity index (χ1n) is 8.18. The zero-order valence-electron chi connectivity index (χ0n) is 13.6. The van der Waals surface area contributed by atoms with Gasteiger partial charge in [0.05, 0.1) is 19.8 Å². The van der Waals surface area contributed by atoms with Crippen LogP contribution in [0.2, 0.25) is 0 Å². The van der Waals surface area contributed by atoms with Crippen molar-refractivity contribution in [3.05, 3.63) is 29.8 Å². The lowest BCUT2D eigenvalue weighted by molar-refractivity contribution is -0.133. The average Bonchev–Trinajstić information content (AvgIpc) is 2.61. The van der Waals surface area contributed by atoms with Gasteiger partial charge >= 0.3 is 0 Å². The summed E-state index contributed by atoms with van der Waals surface area (Å²) in [6, 6.07) is 7.17. The zero-order chi connectivity index (χ0) is 16.5. The van der Waals surface area contributed by atoms with Crippen molar-refractivity contribution >= 4 is 17.5 Å². The van der Waals surface area contributed by atoms with Crippen molar-refractivity contribution in [2.24, 2.45) is 0 Å². The van der Waals surface area contributed by atoms with E-state index in [4.69, 9.17) is 4.74 Å². The van der Waals surface area contributed by atoms with Crippen LogP contribution in [0.3, 0.4) is 0 Å². The molecule has 1 fully saturated rings. The monoisotopic (exact) mass is 319 g/mol. The minimum atomic E-state index is -0.0607. The summed E-state index contributed by atoms with van der Waals surface area (Å²) in [6.07, 6.45) is 2.04. The van der Waals surface area contributed by atoms with Crippen molar-refractivity contribution in [3.63, 3.8) is 0 Å². The summed E-state index contributed by atoms with van der Waals surface area (Å²) >= 11 is 0. The Bertz CT molecular complexity index is 510. The number of hydrogen-bond donors (Lipinski definition) is 2. The third-order valence-corrected chi connectivity index (χ3v) is 3.77. The molecule has 6 heteroatoms. The van der Waals surface area contributed by atoms with E-state index in [1.165, 1.54) is 0 Å². The van der Waals surface area contributed by atoms with E-state index in [2.05, 4.69) is 17.6 Å². The lowest BCUT2D eigenvalue weighted by Gasteiger charge is -2.27. The SMILES string of the molecule is CCCCNC(=O)c1ccc(NCC(=O)N2CCOCC2)cc1. The Morgan fingerprint density at radius 1 is 1.17 bits per heavy atom. The number of unbranched alkanes of at least 4 members (excludes halogenated alkanes) is 1. The first-order valence-corrected chi connectivity index (χ1v) is 8.18. The highest BCUT2D eigenvalue weighted by atomic mass is 16.5. The van der Waals surface area contributed by atoms with E-state index < -0.39 is 0 Å². The van der Waals surface area contributed by atoms with Crippen LogP contribution in [-0.2, 0) is 9.53 Å². The number of anilines is 1. The third-order valence-electron chi connectivity index (χ3n) is 3.77. The van der Waals surface area contributed by atoms with Crippen molar-refractivity contribution in [1.29, 1.82) is 0 Å². The van der Waals surface area contributed by atoms with E-state index in [1.54, 1.807) is 17.0 Å². The minimum absolute atomic E-state index is 0.0607. The molecule has 0 radical (unpaired) electrons. The molecule has 0 spiro atoms. The lowest BCUT2D eigenvalue weighted by atomic mass is 10.2. The minimum Gasteiger partial charge on any atom is -0.378 e. The Hall–Kier alpha value is -2.08. The van der Waals surface area contributed by atoms with Crippen molar-refractivity contribution in [2.45, 2.75) is 19.8 Å². The summed E-state index contributed by atoms with van der Waals surface area (Å²) in [5, 5.41) is 5.98. The smallest absolute Gasteiger partial charge is 0.251 e. The van der Waals surface area contributed by atoms with Gasteiger partial charge in [0.25, 0.3) is 5.91 Å². The second kappa shape index (κ2) is 9.15. The predicted octanol–water partition coefficient (Wildman–Crippen LogP) is 1.49. The van der Waals surface area contributed by atoms with Crippen LogP contribution in [-0.4, -0.2) is 56.1 Å². The van der Waals surface area contributed by atoms with E-state index in [-0.39, 0.29) is 18.4 Å². The molecule has 126 valence electrons. The van der Waals surface area contributed by atoms with E-state index in [0.717, 1.165) is 18.5 Å². The standard InChI is InChI=1S/C17H25N3O3/c1-2-3-8-18-17(22)14-4-6-15(7-5-14)19-13-16(21)20-9-11-23-12-10-20/h4-7,19H,2-3,8-13H2,1H3,(H,18,22). The molecule has 2 amide bonds. The van der Waals surface area contributed by atoms with Gasteiger partial charge in [-0.2, -0.15) is 0 Å². The number of amides is 2. The second-order valence-corrected chi connectivity index (χ2v) is 5.53. The molecule has 1 saturated heterocycles. The van der Waals surface area contributed by atoms with Gasteiger partial charge in [0.2, 0.25) is 5.91 Å². The number of rotatable bonds is 7. The molecule has 2 N–H and O–H groups in total. The third kappa shape index (κ3) is 5.56. The molecule has 1 heterocycles. The summed E-state index contributed by atoms with van der Waals surface area (Å²) in [5.74, 6) is 0.00378. The molecule has 6 nitrogen and oxygen atoms in total. The van der Waals surface area contributed by atoms with Crippen LogP contribution in [0.5, 0.6) is 0 Å². The molecule has 0 bridgehead atoms. The van der Waals surface area contributed by atoms with E-state index in [1.807, 2.05) is 12.1 Å². The van der Waals surface area contributed by atoms with Gasteiger partial charge in [0, 0.05) is 30.9 Å². The van der Waals surface area contributed by atoms with Crippen molar-refractivity contribution in [1.82, 2.24) is 10.2 Å². The van der Waals surface area contributed by atoms with Crippen LogP contribution in [0.1, 0.15) is 30.1 Å². The first-order chi connectivity index (χ1) is 11.2. The number of carbonyl (C=O) groups excluding carboxylic acids is 2. The Morgan fingerprint density at radius 2 is 1.87 bits per heavy atom. The molecule has 1 aliphatic rings. The summed E-state index contributed by atoms with van der Waals surface area (Å²) in [4.78, 5) is 25.7. The number of hydrogen-bond acceptors (Lipinski definition) is 4. The number of ether oxygens (including phenoxy) is 1. The average molecular weight is 319 g/mol. The van der Waals surface area contributed by atoms with Gasteiger partial charge in [-0.25, -0.2) is 0 Å². The Labute approximate surface area is 137 Å². The highest BCUT2D eigenvalue weighted by Crippen LogP contribution is 2.10. The van der Waals surface area contributed by atoms with E-state index >= 15 is 0 Å². The Morgan fingerprint density at radius 3 is 2.52 bits per heavy atom. The topological polar surface area (TPSA) is 70.7 Å². The van der Waals surface area contributed by atoms with Crippen LogP contribution in [0, 0.1) is 0 Å². The fraction of sp³-hybridized carbons (Fsp3) is 0.529. The van der Waals surface area contributed by atoms with Crippen LogP contribution >= 0.6 is 0 Å². The van der Waals surface area contributed by atoms with Crippen LogP contribution < -0.4 is 10.6 Å². The molecule has 23 heavy (non-hydrogen) atoms. The maximum absolute atomic E-state index is 12.0. The van der Waals surface area contributed by atoms with Crippen LogP contribution in [0.4, 0.5) is 5.69 Å². The summed E-state index contributed by atoms with van der Waals surface area (Å²) < 4.78 is 5.23. The molecule has 0 unspecified atom stereocenters. The van der Waals surface area contributed by atoms with Gasteiger partial charge in [-0.3, -0.25) is 9.59 Å². The van der Waals surface area contributed by atoms with Gasteiger partial charge in [-0.1, -0.05) is 13.3 Å². The molecule has 0 aliphatic carbocycles. The molecule has 1 aromatic carbocycles. The number of morpholine rings is 1. The molecule has 0 aromatic heterocycles. The first kappa shape index (κ1) is 17.3. The molecule has 1 aliphatic heterocycles. The molecule has 2 rings (SSSR count). The summed E-state index contributed by atoms with van der Waals surface area (Å²) in [7, 11) is 0. The largest absolute Gasteiger partial charge is 0.378 e. The number of nitrogens with one attached hydrogen (secondary N) is 2. The highest BCUT2D eigenvalue weighted by molar-refractivity contribution is 5.94. The maximum Gasteiger partial charge on any atom is 0.251 e. The normalized spacial score (nSPS) is 14.4. The van der Waals surface area contributed by atoms with Gasteiger partial charge < -0.3 is 20.3 Å². The van der Waals surface area contributed by atoms with Gasteiger partial charge in [0.1, 0.15) is 0 Å². The fourth-order valence-corrected chi connectivity index (χ4v) is 2.32. The van der Waals surface area contributed by atoms with Crippen molar-refractivity contribution < 1.29 is 14.3 Å². The van der Waals surface area contributed by atoms with Gasteiger partial charge in [0.15, 0.2) is 0 Å².